The molecular formula is C13H19NO2S. The molecule has 0 bridgehead atoms. The zero-order valence-corrected chi connectivity index (χ0v) is 11.9. The van der Waals surface area contributed by atoms with E-state index in [1.54, 1.807) is 11.3 Å². The van der Waals surface area contributed by atoms with Crippen molar-refractivity contribution in [3.8, 4) is 11.5 Å². The number of aryl methyl sites for hydroxylation is 1. The number of hydrogen-bond donors (Lipinski definition) is 0. The Balaban J connectivity index is 0.000000330. The molecule has 1 aromatic carbocycles. The van der Waals surface area contributed by atoms with E-state index in [2.05, 4.69) is 4.98 Å². The highest BCUT2D eigenvalue weighted by atomic mass is 32.1. The van der Waals surface area contributed by atoms with Gasteiger partial charge in [0.1, 0.15) is 0 Å². The molecule has 0 saturated heterocycles. The molecule has 0 fully saturated rings. The van der Waals surface area contributed by atoms with Crippen molar-refractivity contribution in [3.05, 3.63) is 17.1 Å². The van der Waals surface area contributed by atoms with Crippen molar-refractivity contribution in [2.45, 2.75) is 34.6 Å². The second kappa shape index (κ2) is 6.45. The van der Waals surface area contributed by atoms with E-state index in [4.69, 9.17) is 9.47 Å². The molecule has 3 rings (SSSR count). The highest BCUT2D eigenvalue weighted by Gasteiger charge is 2.15. The molecule has 1 aliphatic heterocycles. The lowest BCUT2D eigenvalue weighted by Crippen LogP contribution is -1.92. The molecule has 0 radical (unpaired) electrons. The lowest BCUT2D eigenvalue weighted by molar-refractivity contribution is 0.174. The molecule has 1 aromatic heterocycles. The van der Waals surface area contributed by atoms with Crippen molar-refractivity contribution in [2.24, 2.45) is 0 Å². The summed E-state index contributed by atoms with van der Waals surface area (Å²) in [4.78, 5) is 4.37. The van der Waals surface area contributed by atoms with Gasteiger partial charge in [0.2, 0.25) is 6.79 Å². The topological polar surface area (TPSA) is 31.4 Å². The van der Waals surface area contributed by atoms with Gasteiger partial charge in [-0.05, 0) is 6.92 Å². The average molecular weight is 253 g/mol. The predicted molar refractivity (Wildman–Crippen MR) is 73.2 cm³/mol. The first-order valence-electron chi connectivity index (χ1n) is 6.00. The first-order valence-corrected chi connectivity index (χ1v) is 6.81. The Morgan fingerprint density at radius 1 is 1.06 bits per heavy atom. The van der Waals surface area contributed by atoms with Crippen LogP contribution >= 0.6 is 11.3 Å². The first kappa shape index (κ1) is 13.8. The van der Waals surface area contributed by atoms with E-state index in [1.165, 1.54) is 0 Å². The third-order valence-electron chi connectivity index (χ3n) is 1.99. The number of hydrogen-bond acceptors (Lipinski definition) is 4. The molecular weight excluding hydrogens is 234 g/mol. The predicted octanol–water partition coefficient (Wildman–Crippen LogP) is 4.39. The fourth-order valence-electron chi connectivity index (χ4n) is 1.43. The van der Waals surface area contributed by atoms with Crippen molar-refractivity contribution >= 4 is 21.6 Å². The van der Waals surface area contributed by atoms with Gasteiger partial charge in [-0.1, -0.05) is 27.7 Å². The Bertz CT molecular complexity index is 438. The molecule has 0 amide bonds. The summed E-state index contributed by atoms with van der Waals surface area (Å²) in [5.74, 6) is 1.63. The van der Waals surface area contributed by atoms with Gasteiger partial charge in [-0.2, -0.15) is 0 Å². The zero-order valence-electron chi connectivity index (χ0n) is 11.0. The van der Waals surface area contributed by atoms with E-state index in [0.717, 1.165) is 26.7 Å². The van der Waals surface area contributed by atoms with Crippen LogP contribution in [0.4, 0.5) is 0 Å². The van der Waals surface area contributed by atoms with Crippen LogP contribution in [0, 0.1) is 6.92 Å². The first-order chi connectivity index (χ1) is 8.33. The van der Waals surface area contributed by atoms with E-state index in [0.29, 0.717) is 6.79 Å². The highest BCUT2D eigenvalue weighted by molar-refractivity contribution is 7.18. The third-order valence-corrected chi connectivity index (χ3v) is 2.92. The van der Waals surface area contributed by atoms with E-state index in [1.807, 2.05) is 46.8 Å². The van der Waals surface area contributed by atoms with Crippen LogP contribution in [0.25, 0.3) is 10.2 Å². The molecule has 0 saturated carbocycles. The minimum absolute atomic E-state index is 0.325. The quantitative estimate of drug-likeness (QED) is 0.698. The second-order valence-electron chi connectivity index (χ2n) is 2.91. The molecule has 0 aliphatic carbocycles. The Labute approximate surface area is 106 Å². The molecule has 3 nitrogen and oxygen atoms in total. The Morgan fingerprint density at radius 3 is 2.29 bits per heavy atom. The summed E-state index contributed by atoms with van der Waals surface area (Å²) in [5, 5.41) is 1.07. The molecule has 0 unspecified atom stereocenters. The molecule has 17 heavy (non-hydrogen) atoms. The highest BCUT2D eigenvalue weighted by Crippen LogP contribution is 2.37. The number of benzene rings is 1. The van der Waals surface area contributed by atoms with Crippen LogP contribution in [0.2, 0.25) is 0 Å². The number of nitrogens with zero attached hydrogens (tertiary/aromatic N) is 1. The van der Waals surface area contributed by atoms with Gasteiger partial charge in [0.05, 0.1) is 15.2 Å². The van der Waals surface area contributed by atoms with Gasteiger partial charge in [-0.15, -0.1) is 11.3 Å². The van der Waals surface area contributed by atoms with Crippen LogP contribution in [0.1, 0.15) is 32.7 Å². The molecule has 2 aromatic rings. The van der Waals surface area contributed by atoms with Crippen molar-refractivity contribution in [1.82, 2.24) is 4.98 Å². The smallest absolute Gasteiger partial charge is 0.231 e. The van der Waals surface area contributed by atoms with Gasteiger partial charge < -0.3 is 9.47 Å². The van der Waals surface area contributed by atoms with Crippen molar-refractivity contribution in [3.63, 3.8) is 0 Å². The fraction of sp³-hybridized carbons (Fsp3) is 0.462. The van der Waals surface area contributed by atoms with Crippen molar-refractivity contribution < 1.29 is 9.47 Å². The summed E-state index contributed by atoms with van der Waals surface area (Å²) < 4.78 is 11.7. The van der Waals surface area contributed by atoms with Crippen LogP contribution in [-0.2, 0) is 0 Å². The summed E-state index contributed by atoms with van der Waals surface area (Å²) in [6.07, 6.45) is 0. The molecule has 2 heterocycles. The van der Waals surface area contributed by atoms with E-state index in [9.17, 15) is 0 Å². The molecule has 1 aliphatic rings. The largest absolute Gasteiger partial charge is 0.454 e. The molecule has 94 valence electrons. The van der Waals surface area contributed by atoms with Gasteiger partial charge in [-0.25, -0.2) is 4.98 Å². The van der Waals surface area contributed by atoms with Crippen LogP contribution in [0.3, 0.4) is 0 Å². The Kier molecular flexibility index (Phi) is 5.22. The molecule has 4 heteroatoms. The van der Waals surface area contributed by atoms with E-state index < -0.39 is 0 Å². The fourth-order valence-corrected chi connectivity index (χ4v) is 2.27. The normalized spacial score (nSPS) is 11.4. The van der Waals surface area contributed by atoms with Crippen LogP contribution in [0.15, 0.2) is 12.1 Å². The summed E-state index contributed by atoms with van der Waals surface area (Å²) >= 11 is 1.67. The number of aromatic nitrogens is 1. The van der Waals surface area contributed by atoms with Gasteiger partial charge in [-0.3, -0.25) is 0 Å². The van der Waals surface area contributed by atoms with Gasteiger partial charge in [0.25, 0.3) is 0 Å². The standard InChI is InChI=1S/C9H7NO2S.2C2H6/c1-5-10-6-2-7-8(12-4-11-7)3-9(6)13-5;2*1-2/h2-3H,4H2,1H3;2*1-2H3. The second-order valence-corrected chi connectivity index (χ2v) is 4.14. The van der Waals surface area contributed by atoms with Gasteiger partial charge >= 0.3 is 0 Å². The van der Waals surface area contributed by atoms with E-state index >= 15 is 0 Å². The monoisotopic (exact) mass is 253 g/mol. The molecule has 0 N–H and O–H groups in total. The van der Waals surface area contributed by atoms with Crippen molar-refractivity contribution in [2.75, 3.05) is 6.79 Å². The minimum Gasteiger partial charge on any atom is -0.454 e. The number of ether oxygens (including phenoxy) is 2. The summed E-state index contributed by atoms with van der Waals surface area (Å²) in [5.41, 5.74) is 0.992. The Morgan fingerprint density at radius 2 is 1.65 bits per heavy atom. The minimum atomic E-state index is 0.325. The van der Waals surface area contributed by atoms with Gasteiger partial charge in [0.15, 0.2) is 11.5 Å². The SMILES string of the molecule is CC.CC.Cc1nc2cc3c(cc2s1)OCO3. The molecule has 0 spiro atoms. The van der Waals surface area contributed by atoms with Crippen LogP contribution < -0.4 is 9.47 Å². The lowest BCUT2D eigenvalue weighted by Gasteiger charge is -1.93. The van der Waals surface area contributed by atoms with Crippen LogP contribution in [0.5, 0.6) is 11.5 Å². The van der Waals surface area contributed by atoms with Crippen LogP contribution in [-0.4, -0.2) is 11.8 Å². The number of thiazole rings is 1. The summed E-state index contributed by atoms with van der Waals surface area (Å²) in [7, 11) is 0. The Hall–Kier alpha value is -1.29. The van der Waals surface area contributed by atoms with Crippen molar-refractivity contribution in [1.29, 1.82) is 0 Å². The maximum absolute atomic E-state index is 5.27. The lowest BCUT2D eigenvalue weighted by atomic mass is 10.3. The van der Waals surface area contributed by atoms with E-state index in [-0.39, 0.29) is 0 Å². The summed E-state index contributed by atoms with van der Waals surface area (Å²) in [6.45, 7) is 10.3. The maximum Gasteiger partial charge on any atom is 0.231 e. The molecule has 0 atom stereocenters. The third kappa shape index (κ3) is 2.88. The average Bonchev–Trinajstić information content (AvgIpc) is 2.95. The number of rotatable bonds is 0. The zero-order chi connectivity index (χ0) is 12.8. The summed E-state index contributed by atoms with van der Waals surface area (Å²) in [6, 6.07) is 3.92. The van der Waals surface area contributed by atoms with Gasteiger partial charge in [0, 0.05) is 12.1 Å². The number of fused-ring (bicyclic) bond motifs is 2. The maximum atomic E-state index is 5.27.